The fourth-order valence-corrected chi connectivity index (χ4v) is 1.54. The summed E-state index contributed by atoms with van der Waals surface area (Å²) in [6.45, 7) is 0. The van der Waals surface area contributed by atoms with E-state index in [9.17, 15) is 13.2 Å². The molecule has 0 fully saturated rings. The zero-order valence-electron chi connectivity index (χ0n) is 9.35. The van der Waals surface area contributed by atoms with Gasteiger partial charge in [0.2, 0.25) is 0 Å². The Bertz CT molecular complexity index is 621. The van der Waals surface area contributed by atoms with Gasteiger partial charge in [-0.05, 0) is 18.2 Å². The van der Waals surface area contributed by atoms with Crippen LogP contribution in [0, 0.1) is 17.5 Å². The lowest BCUT2D eigenvalue weighted by Gasteiger charge is -2.10. The number of nitrogen functional groups attached to an aromatic ring is 1. The average Bonchev–Trinajstić information content (AvgIpc) is 2.37. The Morgan fingerprint density at radius 1 is 1.05 bits per heavy atom. The number of halogens is 4. The van der Waals surface area contributed by atoms with Crippen molar-refractivity contribution in [3.05, 3.63) is 46.7 Å². The number of hydrogen-bond acceptors (Lipinski definition) is 4. The molecule has 4 nitrogen and oxygen atoms in total. The van der Waals surface area contributed by atoms with Gasteiger partial charge in [0.25, 0.3) is 0 Å². The second-order valence-electron chi connectivity index (χ2n) is 3.54. The van der Waals surface area contributed by atoms with Crippen LogP contribution < -0.4 is 16.6 Å². The van der Waals surface area contributed by atoms with Gasteiger partial charge in [0, 0.05) is 6.07 Å². The molecule has 1 heterocycles. The standard InChI is InChI=1S/C11H8ClF3N4/c12-6-2-1-5(13)3-9(6)17-10-7(14)4-8(15)11(18-10)19-16/h1-4H,16H2,(H2,17,18,19). The minimum Gasteiger partial charge on any atom is -0.336 e. The van der Waals surface area contributed by atoms with Crippen LogP contribution in [0.4, 0.5) is 30.5 Å². The van der Waals surface area contributed by atoms with E-state index >= 15 is 0 Å². The second kappa shape index (κ2) is 5.33. The van der Waals surface area contributed by atoms with E-state index in [1.165, 1.54) is 6.07 Å². The number of anilines is 3. The van der Waals surface area contributed by atoms with E-state index in [0.717, 1.165) is 12.1 Å². The second-order valence-corrected chi connectivity index (χ2v) is 3.95. The van der Waals surface area contributed by atoms with Crippen LogP contribution >= 0.6 is 11.6 Å². The number of nitrogens with one attached hydrogen (secondary N) is 2. The van der Waals surface area contributed by atoms with Gasteiger partial charge in [0.1, 0.15) is 5.82 Å². The number of hydrazine groups is 1. The molecule has 0 radical (unpaired) electrons. The maximum absolute atomic E-state index is 13.5. The highest BCUT2D eigenvalue weighted by molar-refractivity contribution is 6.33. The predicted octanol–water partition coefficient (Wildman–Crippen LogP) is 3.18. The first-order valence-corrected chi connectivity index (χ1v) is 5.44. The van der Waals surface area contributed by atoms with E-state index in [1.807, 2.05) is 5.43 Å². The average molecular weight is 289 g/mol. The molecule has 2 aromatic rings. The molecule has 0 aliphatic heterocycles. The third-order valence-corrected chi connectivity index (χ3v) is 2.58. The highest BCUT2D eigenvalue weighted by Crippen LogP contribution is 2.27. The molecule has 0 atom stereocenters. The first-order chi connectivity index (χ1) is 9.01. The lowest BCUT2D eigenvalue weighted by molar-refractivity contribution is 0.579. The topological polar surface area (TPSA) is 63.0 Å². The molecule has 0 amide bonds. The zero-order chi connectivity index (χ0) is 14.0. The van der Waals surface area contributed by atoms with Crippen molar-refractivity contribution in [2.24, 2.45) is 5.84 Å². The van der Waals surface area contributed by atoms with Gasteiger partial charge in [0.05, 0.1) is 10.7 Å². The SMILES string of the molecule is NNc1nc(Nc2cc(F)ccc2Cl)c(F)cc1F. The zero-order valence-corrected chi connectivity index (χ0v) is 10.1. The van der Waals surface area contributed by atoms with Crippen molar-refractivity contribution < 1.29 is 13.2 Å². The summed E-state index contributed by atoms with van der Waals surface area (Å²) in [5.41, 5.74) is 2.07. The largest absolute Gasteiger partial charge is 0.336 e. The number of rotatable bonds is 3. The van der Waals surface area contributed by atoms with E-state index in [-0.39, 0.29) is 22.3 Å². The first-order valence-electron chi connectivity index (χ1n) is 5.06. The van der Waals surface area contributed by atoms with Gasteiger partial charge in [-0.3, -0.25) is 0 Å². The fourth-order valence-electron chi connectivity index (χ4n) is 1.38. The Morgan fingerprint density at radius 2 is 1.74 bits per heavy atom. The van der Waals surface area contributed by atoms with Crippen LogP contribution in [0.1, 0.15) is 0 Å². The number of hydrogen-bond donors (Lipinski definition) is 3. The minimum atomic E-state index is -0.961. The molecule has 0 saturated heterocycles. The van der Waals surface area contributed by atoms with Gasteiger partial charge in [-0.2, -0.15) is 0 Å². The molecular formula is C11H8ClF3N4. The highest BCUT2D eigenvalue weighted by atomic mass is 35.5. The monoisotopic (exact) mass is 288 g/mol. The molecule has 8 heteroatoms. The smallest absolute Gasteiger partial charge is 0.178 e. The Balaban J connectivity index is 2.40. The highest BCUT2D eigenvalue weighted by Gasteiger charge is 2.12. The van der Waals surface area contributed by atoms with Crippen molar-refractivity contribution in [2.45, 2.75) is 0 Å². The van der Waals surface area contributed by atoms with Gasteiger partial charge >= 0.3 is 0 Å². The van der Waals surface area contributed by atoms with Crippen molar-refractivity contribution in [3.63, 3.8) is 0 Å². The molecular weight excluding hydrogens is 281 g/mol. The molecule has 2 rings (SSSR count). The van der Waals surface area contributed by atoms with E-state index in [2.05, 4.69) is 10.3 Å². The van der Waals surface area contributed by atoms with Gasteiger partial charge in [-0.25, -0.2) is 24.0 Å². The summed E-state index contributed by atoms with van der Waals surface area (Å²) in [5, 5.41) is 2.62. The molecule has 0 aliphatic rings. The lowest BCUT2D eigenvalue weighted by atomic mass is 10.3. The molecule has 0 aliphatic carbocycles. The number of pyridine rings is 1. The summed E-state index contributed by atoms with van der Waals surface area (Å²) in [4.78, 5) is 3.58. The molecule has 0 spiro atoms. The molecule has 0 unspecified atom stereocenters. The van der Waals surface area contributed by atoms with Gasteiger partial charge < -0.3 is 10.7 Å². The fraction of sp³-hybridized carbons (Fsp3) is 0. The number of nitrogens with two attached hydrogens (primary N) is 1. The number of benzene rings is 1. The van der Waals surface area contributed by atoms with E-state index in [4.69, 9.17) is 17.4 Å². The molecule has 100 valence electrons. The number of nitrogens with zero attached hydrogens (tertiary/aromatic N) is 1. The summed E-state index contributed by atoms with van der Waals surface area (Å²) in [7, 11) is 0. The maximum Gasteiger partial charge on any atom is 0.178 e. The Kier molecular flexibility index (Phi) is 3.77. The van der Waals surface area contributed by atoms with Gasteiger partial charge in [-0.15, -0.1) is 0 Å². The van der Waals surface area contributed by atoms with Crippen LogP contribution in [0.2, 0.25) is 5.02 Å². The molecule has 0 bridgehead atoms. The molecule has 1 aromatic heterocycles. The normalized spacial score (nSPS) is 10.4. The van der Waals surface area contributed by atoms with Crippen molar-refractivity contribution in [2.75, 3.05) is 10.7 Å². The van der Waals surface area contributed by atoms with Crippen LogP contribution in [0.15, 0.2) is 24.3 Å². The third-order valence-electron chi connectivity index (χ3n) is 2.25. The van der Waals surface area contributed by atoms with Crippen LogP contribution in [0.3, 0.4) is 0 Å². The van der Waals surface area contributed by atoms with Crippen LogP contribution in [0.5, 0.6) is 0 Å². The Hall–Kier alpha value is -1.99. The Labute approximate surface area is 111 Å². The number of aromatic nitrogens is 1. The van der Waals surface area contributed by atoms with E-state index in [0.29, 0.717) is 6.07 Å². The Morgan fingerprint density at radius 3 is 2.42 bits per heavy atom. The maximum atomic E-state index is 13.5. The quantitative estimate of drug-likeness (QED) is 0.599. The van der Waals surface area contributed by atoms with E-state index in [1.54, 1.807) is 0 Å². The molecule has 1 aromatic carbocycles. The predicted molar refractivity (Wildman–Crippen MR) is 66.7 cm³/mol. The van der Waals surface area contributed by atoms with E-state index < -0.39 is 17.5 Å². The van der Waals surface area contributed by atoms with Crippen LogP contribution in [-0.2, 0) is 0 Å². The molecule has 4 N–H and O–H groups in total. The first kappa shape index (κ1) is 13.4. The summed E-state index contributed by atoms with van der Waals surface area (Å²) in [5.74, 6) is 1.87. The van der Waals surface area contributed by atoms with Gasteiger partial charge in [-0.1, -0.05) is 11.6 Å². The lowest BCUT2D eigenvalue weighted by Crippen LogP contribution is -2.12. The molecule has 0 saturated carbocycles. The summed E-state index contributed by atoms with van der Waals surface area (Å²) < 4.78 is 39.7. The molecule has 19 heavy (non-hydrogen) atoms. The summed E-state index contributed by atoms with van der Waals surface area (Å²) in [6.07, 6.45) is 0. The summed E-state index contributed by atoms with van der Waals surface area (Å²) >= 11 is 5.81. The van der Waals surface area contributed by atoms with Crippen molar-refractivity contribution in [1.82, 2.24) is 4.98 Å². The van der Waals surface area contributed by atoms with Gasteiger partial charge in [0.15, 0.2) is 23.3 Å². The van der Waals surface area contributed by atoms with Crippen molar-refractivity contribution in [1.29, 1.82) is 0 Å². The van der Waals surface area contributed by atoms with Crippen molar-refractivity contribution >= 4 is 28.9 Å². The van der Waals surface area contributed by atoms with Crippen LogP contribution in [-0.4, -0.2) is 4.98 Å². The summed E-state index contributed by atoms with van der Waals surface area (Å²) in [6, 6.07) is 4.09. The van der Waals surface area contributed by atoms with Crippen LogP contribution in [0.25, 0.3) is 0 Å². The van der Waals surface area contributed by atoms with Crippen molar-refractivity contribution in [3.8, 4) is 0 Å². The third kappa shape index (κ3) is 2.88. The minimum absolute atomic E-state index is 0.0997.